The van der Waals surface area contributed by atoms with Crippen molar-refractivity contribution in [3.8, 4) is 0 Å². The summed E-state index contributed by atoms with van der Waals surface area (Å²) in [6.45, 7) is 16.2. The van der Waals surface area contributed by atoms with E-state index in [9.17, 15) is 0 Å². The van der Waals surface area contributed by atoms with Crippen LogP contribution in [0.5, 0.6) is 0 Å². The second kappa shape index (κ2) is 8.15. The van der Waals surface area contributed by atoms with Gasteiger partial charge >= 0.3 is 0 Å². The predicted octanol–water partition coefficient (Wildman–Crippen LogP) is 3.94. The second-order valence-corrected chi connectivity index (χ2v) is 6.18. The molecule has 0 rings (SSSR count). The summed E-state index contributed by atoms with van der Waals surface area (Å²) in [5.41, 5.74) is 0. The fourth-order valence-corrected chi connectivity index (χ4v) is 2.17. The minimum absolute atomic E-state index is 0.767. The summed E-state index contributed by atoms with van der Waals surface area (Å²) in [5, 5.41) is 3.60. The summed E-state index contributed by atoms with van der Waals surface area (Å²) in [6, 6.07) is 0. The van der Waals surface area contributed by atoms with Crippen molar-refractivity contribution in [1.82, 2.24) is 5.32 Å². The van der Waals surface area contributed by atoms with Crippen molar-refractivity contribution in [2.75, 3.05) is 13.1 Å². The summed E-state index contributed by atoms with van der Waals surface area (Å²) in [5.74, 6) is 3.29. The summed E-state index contributed by atoms with van der Waals surface area (Å²) < 4.78 is 0. The molecular weight excluding hydrogens is 182 g/mol. The van der Waals surface area contributed by atoms with Crippen molar-refractivity contribution in [2.45, 2.75) is 54.4 Å². The van der Waals surface area contributed by atoms with Crippen molar-refractivity contribution < 1.29 is 0 Å². The molecule has 1 heteroatoms. The van der Waals surface area contributed by atoms with Crippen LogP contribution < -0.4 is 5.32 Å². The summed E-state index contributed by atoms with van der Waals surface area (Å²) >= 11 is 0. The maximum Gasteiger partial charge on any atom is -0.00202 e. The van der Waals surface area contributed by atoms with Crippen molar-refractivity contribution >= 4 is 0 Å². The quantitative estimate of drug-likeness (QED) is 0.644. The topological polar surface area (TPSA) is 12.0 Å². The molecule has 0 aromatic rings. The fourth-order valence-electron chi connectivity index (χ4n) is 2.17. The molecule has 1 N–H and O–H groups in total. The van der Waals surface area contributed by atoms with Crippen LogP contribution in [-0.4, -0.2) is 13.1 Å². The molecule has 0 saturated heterocycles. The molecule has 0 heterocycles. The van der Waals surface area contributed by atoms with Crippen LogP contribution in [0.3, 0.4) is 0 Å². The smallest absolute Gasteiger partial charge is 0.00202 e. The third-order valence-corrected chi connectivity index (χ3v) is 2.60. The summed E-state index contributed by atoms with van der Waals surface area (Å²) in [4.78, 5) is 0. The van der Waals surface area contributed by atoms with E-state index in [1.54, 1.807) is 0 Å². The van der Waals surface area contributed by atoms with Crippen molar-refractivity contribution in [3.05, 3.63) is 0 Å². The molecule has 0 fully saturated rings. The number of nitrogens with one attached hydrogen (secondary N) is 1. The molecule has 0 aliphatic carbocycles. The van der Waals surface area contributed by atoms with E-state index in [1.807, 2.05) is 0 Å². The van der Waals surface area contributed by atoms with E-state index in [2.05, 4.69) is 46.9 Å². The zero-order chi connectivity index (χ0) is 11.8. The fraction of sp³-hybridized carbons (Fsp3) is 1.00. The monoisotopic (exact) mass is 213 g/mol. The normalized spacial score (nSPS) is 12.4. The molecule has 0 radical (unpaired) electrons. The lowest BCUT2D eigenvalue weighted by Crippen LogP contribution is -2.28. The zero-order valence-electron chi connectivity index (χ0n) is 11.6. The van der Waals surface area contributed by atoms with Crippen LogP contribution in [-0.2, 0) is 0 Å². The highest BCUT2D eigenvalue weighted by Crippen LogP contribution is 2.19. The molecule has 1 nitrogen and oxygen atoms in total. The van der Waals surface area contributed by atoms with Gasteiger partial charge in [-0.15, -0.1) is 0 Å². The minimum Gasteiger partial charge on any atom is -0.316 e. The Morgan fingerprint density at radius 3 is 1.47 bits per heavy atom. The first-order chi connectivity index (χ1) is 6.91. The molecule has 0 bridgehead atoms. The largest absolute Gasteiger partial charge is 0.316 e. The van der Waals surface area contributed by atoms with E-state index in [1.165, 1.54) is 19.4 Å². The number of hydrogen-bond donors (Lipinski definition) is 1. The van der Waals surface area contributed by atoms with Crippen LogP contribution in [0.4, 0.5) is 0 Å². The summed E-state index contributed by atoms with van der Waals surface area (Å²) in [7, 11) is 0. The predicted molar refractivity (Wildman–Crippen MR) is 70.1 cm³/mol. The van der Waals surface area contributed by atoms with Gasteiger partial charge in [-0.2, -0.15) is 0 Å². The summed E-state index contributed by atoms with van der Waals surface area (Å²) in [6.07, 6.45) is 2.73. The van der Waals surface area contributed by atoms with Gasteiger partial charge in [0.15, 0.2) is 0 Å². The third-order valence-electron chi connectivity index (χ3n) is 2.60. The molecule has 0 saturated carbocycles. The second-order valence-electron chi connectivity index (χ2n) is 6.18. The first-order valence-electron chi connectivity index (χ1n) is 6.62. The Hall–Kier alpha value is -0.0400. The van der Waals surface area contributed by atoms with Crippen molar-refractivity contribution in [3.63, 3.8) is 0 Å². The molecule has 15 heavy (non-hydrogen) atoms. The maximum absolute atomic E-state index is 3.60. The Balaban J connectivity index is 3.79. The van der Waals surface area contributed by atoms with Gasteiger partial charge in [-0.3, -0.25) is 0 Å². The minimum atomic E-state index is 0.767. The number of hydrogen-bond acceptors (Lipinski definition) is 1. The van der Waals surface area contributed by atoms with Crippen LogP contribution in [0.1, 0.15) is 54.4 Å². The van der Waals surface area contributed by atoms with Gasteiger partial charge in [0.2, 0.25) is 0 Å². The Kier molecular flexibility index (Phi) is 8.13. The van der Waals surface area contributed by atoms with Gasteiger partial charge in [0, 0.05) is 0 Å². The van der Waals surface area contributed by atoms with Gasteiger partial charge in [-0.25, -0.2) is 0 Å². The Bertz CT molecular complexity index is 128. The van der Waals surface area contributed by atoms with Gasteiger partial charge in [-0.05, 0) is 49.6 Å². The van der Waals surface area contributed by atoms with Gasteiger partial charge in [-0.1, -0.05) is 41.5 Å². The number of rotatable bonds is 8. The highest BCUT2D eigenvalue weighted by molar-refractivity contribution is 4.67. The lowest BCUT2D eigenvalue weighted by molar-refractivity contribution is 0.324. The highest BCUT2D eigenvalue weighted by atomic mass is 14.9. The Morgan fingerprint density at radius 1 is 0.667 bits per heavy atom. The lowest BCUT2D eigenvalue weighted by Gasteiger charge is -2.22. The average molecular weight is 213 g/mol. The van der Waals surface area contributed by atoms with Crippen LogP contribution in [0.15, 0.2) is 0 Å². The molecular formula is C14H31N. The Morgan fingerprint density at radius 2 is 1.13 bits per heavy atom. The molecule has 0 atom stereocenters. The molecule has 0 unspecified atom stereocenters. The molecule has 92 valence electrons. The molecule has 0 amide bonds. The van der Waals surface area contributed by atoms with Crippen LogP contribution >= 0.6 is 0 Å². The van der Waals surface area contributed by atoms with E-state index in [0.717, 1.165) is 30.2 Å². The molecule has 0 aliphatic heterocycles. The molecule has 0 aliphatic rings. The SMILES string of the molecule is CC(C)CNCC(CC(C)C)CC(C)C. The van der Waals surface area contributed by atoms with Crippen LogP contribution in [0.25, 0.3) is 0 Å². The van der Waals surface area contributed by atoms with E-state index < -0.39 is 0 Å². The van der Waals surface area contributed by atoms with Gasteiger partial charge < -0.3 is 5.32 Å². The van der Waals surface area contributed by atoms with E-state index in [4.69, 9.17) is 0 Å². The van der Waals surface area contributed by atoms with Crippen molar-refractivity contribution in [1.29, 1.82) is 0 Å². The Labute approximate surface area is 97.0 Å². The van der Waals surface area contributed by atoms with Gasteiger partial charge in [0.1, 0.15) is 0 Å². The average Bonchev–Trinajstić information content (AvgIpc) is 2.00. The zero-order valence-corrected chi connectivity index (χ0v) is 11.6. The van der Waals surface area contributed by atoms with Crippen LogP contribution in [0, 0.1) is 23.7 Å². The van der Waals surface area contributed by atoms with E-state index >= 15 is 0 Å². The molecule has 0 aromatic carbocycles. The molecule has 0 aromatic heterocycles. The van der Waals surface area contributed by atoms with Crippen LogP contribution in [0.2, 0.25) is 0 Å². The first kappa shape index (κ1) is 15.0. The van der Waals surface area contributed by atoms with Gasteiger partial charge in [0.25, 0.3) is 0 Å². The van der Waals surface area contributed by atoms with E-state index in [-0.39, 0.29) is 0 Å². The first-order valence-corrected chi connectivity index (χ1v) is 6.62. The maximum atomic E-state index is 3.60. The third kappa shape index (κ3) is 10.2. The van der Waals surface area contributed by atoms with Crippen molar-refractivity contribution in [2.24, 2.45) is 23.7 Å². The standard InChI is InChI=1S/C14H31N/c1-11(2)7-14(8-12(3)4)10-15-9-13(5)6/h11-15H,7-10H2,1-6H3. The van der Waals surface area contributed by atoms with E-state index in [0.29, 0.717) is 0 Å². The highest BCUT2D eigenvalue weighted by Gasteiger charge is 2.12. The van der Waals surface area contributed by atoms with Gasteiger partial charge in [0.05, 0.1) is 0 Å². The lowest BCUT2D eigenvalue weighted by atomic mass is 9.89. The molecule has 0 spiro atoms.